The number of fused-ring (bicyclic) bond motifs is 1. The van der Waals surface area contributed by atoms with Crippen molar-refractivity contribution in [2.45, 2.75) is 37.3 Å². The lowest BCUT2D eigenvalue weighted by Gasteiger charge is -2.48. The van der Waals surface area contributed by atoms with E-state index in [2.05, 4.69) is 5.32 Å². The first-order valence-electron chi connectivity index (χ1n) is 10.4. The van der Waals surface area contributed by atoms with Crippen molar-refractivity contribution in [3.05, 3.63) is 65.7 Å². The second-order valence-corrected chi connectivity index (χ2v) is 8.28. The molecule has 3 heterocycles. The van der Waals surface area contributed by atoms with Gasteiger partial charge in [0.2, 0.25) is 5.91 Å². The summed E-state index contributed by atoms with van der Waals surface area (Å²) >= 11 is 0. The van der Waals surface area contributed by atoms with Crippen molar-refractivity contribution in [2.24, 2.45) is 0 Å². The Hall–Kier alpha value is -3.35. The molecule has 0 aliphatic carbocycles. The summed E-state index contributed by atoms with van der Waals surface area (Å²) in [5.74, 6) is 0.212. The molecule has 2 aromatic carbocycles. The number of likely N-dealkylation sites (tertiary alicyclic amines) is 1. The molecule has 0 unspecified atom stereocenters. The number of hydrogen-bond acceptors (Lipinski definition) is 4. The van der Waals surface area contributed by atoms with Crippen LogP contribution in [-0.4, -0.2) is 35.9 Å². The third kappa shape index (κ3) is 3.34. The zero-order valence-electron chi connectivity index (χ0n) is 17.2. The van der Waals surface area contributed by atoms with Crippen LogP contribution in [0.5, 0.6) is 5.75 Å². The van der Waals surface area contributed by atoms with Crippen LogP contribution in [0.15, 0.2) is 52.9 Å². The van der Waals surface area contributed by atoms with Crippen LogP contribution in [0.1, 0.15) is 47.8 Å². The summed E-state index contributed by atoms with van der Waals surface area (Å²) in [7, 11) is 1.58. The standard InChI is InChI=1S/C24H23FN2O4/c1-30-18-6-7-19-16(13-18)14-20(31-19)23(29)27-11-3-9-24(10-8-21(28)26-24)22(27)15-4-2-5-17(25)12-15/h2,4-7,12-14,22H,3,8-11H2,1H3,(H,26,28)/t22-,24+/m1/s1. The number of hydrogen-bond donors (Lipinski definition) is 1. The van der Waals surface area contributed by atoms with Gasteiger partial charge in [-0.25, -0.2) is 4.39 Å². The molecule has 31 heavy (non-hydrogen) atoms. The van der Waals surface area contributed by atoms with Gasteiger partial charge in [-0.1, -0.05) is 12.1 Å². The van der Waals surface area contributed by atoms with E-state index in [-0.39, 0.29) is 23.4 Å². The van der Waals surface area contributed by atoms with Gasteiger partial charge in [-0.05, 0) is 61.2 Å². The molecule has 3 aromatic rings. The maximum atomic E-state index is 14.1. The van der Waals surface area contributed by atoms with Gasteiger partial charge in [-0.15, -0.1) is 0 Å². The molecule has 2 aliphatic heterocycles. The molecule has 0 saturated carbocycles. The first kappa shape index (κ1) is 19.6. The predicted octanol–water partition coefficient (Wildman–Crippen LogP) is 4.21. The summed E-state index contributed by atoms with van der Waals surface area (Å²) in [4.78, 5) is 27.5. The van der Waals surface area contributed by atoms with Crippen LogP contribution in [0.2, 0.25) is 0 Å². The Labute approximate surface area is 179 Å². The van der Waals surface area contributed by atoms with E-state index in [1.807, 2.05) is 12.1 Å². The molecule has 5 rings (SSSR count). The molecule has 0 bridgehead atoms. The van der Waals surface area contributed by atoms with Crippen LogP contribution in [0.4, 0.5) is 4.39 Å². The molecule has 1 N–H and O–H groups in total. The topological polar surface area (TPSA) is 71.8 Å². The zero-order chi connectivity index (χ0) is 21.6. The van der Waals surface area contributed by atoms with Crippen molar-refractivity contribution < 1.29 is 23.1 Å². The number of nitrogens with zero attached hydrogens (tertiary/aromatic N) is 1. The summed E-state index contributed by atoms with van der Waals surface area (Å²) in [6, 6.07) is 12.9. The quantitative estimate of drug-likeness (QED) is 0.687. The minimum atomic E-state index is -0.603. The number of benzene rings is 2. The third-order valence-electron chi connectivity index (χ3n) is 6.40. The van der Waals surface area contributed by atoms with Gasteiger partial charge in [-0.2, -0.15) is 0 Å². The summed E-state index contributed by atoms with van der Waals surface area (Å²) in [5.41, 5.74) is 0.661. The minimum Gasteiger partial charge on any atom is -0.497 e. The van der Waals surface area contributed by atoms with Gasteiger partial charge in [0.1, 0.15) is 17.1 Å². The Morgan fingerprint density at radius 3 is 2.84 bits per heavy atom. The molecule has 2 saturated heterocycles. The second kappa shape index (κ2) is 7.41. The second-order valence-electron chi connectivity index (χ2n) is 8.28. The van der Waals surface area contributed by atoms with E-state index in [4.69, 9.17) is 9.15 Å². The lowest BCUT2D eigenvalue weighted by atomic mass is 9.76. The van der Waals surface area contributed by atoms with Crippen molar-refractivity contribution in [1.82, 2.24) is 10.2 Å². The zero-order valence-corrected chi connectivity index (χ0v) is 17.2. The van der Waals surface area contributed by atoms with Crippen molar-refractivity contribution in [3.63, 3.8) is 0 Å². The van der Waals surface area contributed by atoms with Gasteiger partial charge in [0.15, 0.2) is 5.76 Å². The van der Waals surface area contributed by atoms with Gasteiger partial charge in [0.05, 0.1) is 18.7 Å². The molecule has 2 fully saturated rings. The Morgan fingerprint density at radius 1 is 1.23 bits per heavy atom. The average molecular weight is 422 g/mol. The van der Waals surface area contributed by atoms with Crippen molar-refractivity contribution >= 4 is 22.8 Å². The van der Waals surface area contributed by atoms with Crippen molar-refractivity contribution in [3.8, 4) is 5.75 Å². The predicted molar refractivity (Wildman–Crippen MR) is 112 cm³/mol. The lowest BCUT2D eigenvalue weighted by molar-refractivity contribution is -0.120. The van der Waals surface area contributed by atoms with Crippen LogP contribution >= 0.6 is 0 Å². The SMILES string of the molecule is COc1ccc2oc(C(=O)N3CCC[C@]4(CCC(=O)N4)[C@H]3c3cccc(F)c3)cc2c1. The van der Waals surface area contributed by atoms with Crippen LogP contribution in [0.25, 0.3) is 11.0 Å². The number of piperidine rings is 1. The summed E-state index contributed by atoms with van der Waals surface area (Å²) in [5, 5.41) is 3.88. The summed E-state index contributed by atoms with van der Waals surface area (Å²) < 4.78 is 25.2. The van der Waals surface area contributed by atoms with Gasteiger partial charge in [-0.3, -0.25) is 9.59 Å². The number of carbonyl (C=O) groups is 2. The molecule has 2 atom stereocenters. The minimum absolute atomic E-state index is 0.0356. The largest absolute Gasteiger partial charge is 0.497 e. The molecule has 0 radical (unpaired) electrons. The van der Waals surface area contributed by atoms with Gasteiger partial charge in [0.25, 0.3) is 5.91 Å². The van der Waals surface area contributed by atoms with Crippen molar-refractivity contribution in [1.29, 1.82) is 0 Å². The Morgan fingerprint density at radius 2 is 2.10 bits per heavy atom. The first-order valence-corrected chi connectivity index (χ1v) is 10.4. The average Bonchev–Trinajstić information content (AvgIpc) is 3.36. The highest BCUT2D eigenvalue weighted by Crippen LogP contribution is 2.45. The van der Waals surface area contributed by atoms with Gasteiger partial charge in [0, 0.05) is 18.4 Å². The van der Waals surface area contributed by atoms with E-state index in [1.54, 1.807) is 36.3 Å². The fraction of sp³-hybridized carbons (Fsp3) is 0.333. The van der Waals surface area contributed by atoms with Crippen LogP contribution < -0.4 is 10.1 Å². The Balaban J connectivity index is 1.57. The molecule has 7 heteroatoms. The number of halogens is 1. The van der Waals surface area contributed by atoms with Crippen LogP contribution in [0, 0.1) is 5.82 Å². The van der Waals surface area contributed by atoms with E-state index < -0.39 is 11.6 Å². The molecule has 2 aliphatic rings. The molecular formula is C24H23FN2O4. The summed E-state index contributed by atoms with van der Waals surface area (Å²) in [6.07, 6.45) is 2.49. The number of nitrogens with one attached hydrogen (secondary N) is 1. The van der Waals surface area contributed by atoms with Crippen LogP contribution in [-0.2, 0) is 4.79 Å². The Bertz CT molecular complexity index is 1170. The maximum absolute atomic E-state index is 14.1. The van der Waals surface area contributed by atoms with Crippen LogP contribution in [0.3, 0.4) is 0 Å². The van der Waals surface area contributed by atoms with E-state index in [0.717, 1.165) is 18.2 Å². The van der Waals surface area contributed by atoms with Crippen molar-refractivity contribution in [2.75, 3.05) is 13.7 Å². The fourth-order valence-electron chi connectivity index (χ4n) is 5.05. The molecule has 2 amide bonds. The van der Waals surface area contributed by atoms with E-state index in [0.29, 0.717) is 36.3 Å². The van der Waals surface area contributed by atoms with Gasteiger partial charge < -0.3 is 19.4 Å². The maximum Gasteiger partial charge on any atom is 0.290 e. The lowest BCUT2D eigenvalue weighted by Crippen LogP contribution is -2.58. The number of methoxy groups -OCH3 is 1. The Kier molecular flexibility index (Phi) is 4.68. The van der Waals surface area contributed by atoms with Gasteiger partial charge >= 0.3 is 0 Å². The van der Waals surface area contributed by atoms with E-state index in [9.17, 15) is 14.0 Å². The first-order chi connectivity index (χ1) is 15.0. The molecule has 1 spiro atoms. The normalized spacial score (nSPS) is 23.4. The highest BCUT2D eigenvalue weighted by Gasteiger charge is 2.51. The third-order valence-corrected chi connectivity index (χ3v) is 6.40. The highest BCUT2D eigenvalue weighted by molar-refractivity contribution is 5.97. The highest BCUT2D eigenvalue weighted by atomic mass is 19.1. The smallest absolute Gasteiger partial charge is 0.290 e. The number of amides is 2. The van der Waals surface area contributed by atoms with E-state index in [1.165, 1.54) is 12.1 Å². The number of rotatable bonds is 3. The van der Waals surface area contributed by atoms with E-state index >= 15 is 0 Å². The number of ether oxygens (including phenoxy) is 1. The monoisotopic (exact) mass is 422 g/mol. The summed E-state index contributed by atoms with van der Waals surface area (Å²) in [6.45, 7) is 0.498. The number of carbonyl (C=O) groups excluding carboxylic acids is 2. The number of furan rings is 1. The molecule has 6 nitrogen and oxygen atoms in total. The fourth-order valence-corrected chi connectivity index (χ4v) is 5.05. The molecule has 1 aromatic heterocycles. The molecule has 160 valence electrons. The molecular weight excluding hydrogens is 399 g/mol.